The topological polar surface area (TPSA) is 38.3 Å². The van der Waals surface area contributed by atoms with E-state index in [1.54, 1.807) is 5.57 Å². The number of allylic oxidation sites excluding steroid dienone is 1. The predicted octanol–water partition coefficient (Wildman–Crippen LogP) is 5.35. The van der Waals surface area contributed by atoms with Crippen molar-refractivity contribution >= 4 is 5.97 Å². The minimum atomic E-state index is 0.0146. The Labute approximate surface area is 182 Å². The van der Waals surface area contributed by atoms with Crippen molar-refractivity contribution in [1.29, 1.82) is 0 Å². The van der Waals surface area contributed by atoms with Crippen LogP contribution in [0.5, 0.6) is 0 Å². The molecular weight excluding hydrogens is 370 g/mol. The molecule has 0 amide bonds. The number of hydrogen-bond donors (Lipinski definition) is 1. The van der Waals surface area contributed by atoms with E-state index in [1.165, 1.54) is 51.4 Å². The van der Waals surface area contributed by atoms with Gasteiger partial charge in [-0.1, -0.05) is 31.9 Å². The average molecular weight is 412 g/mol. The molecule has 11 atom stereocenters. The maximum absolute atomic E-state index is 12.9. The molecule has 3 bridgehead atoms. The van der Waals surface area contributed by atoms with E-state index in [1.807, 2.05) is 0 Å². The fourth-order valence-electron chi connectivity index (χ4n) is 9.46. The molecule has 0 radical (unpaired) electrons. The zero-order valence-electron chi connectivity index (χ0n) is 19.2. The van der Waals surface area contributed by atoms with E-state index in [2.05, 4.69) is 32.2 Å². The van der Waals surface area contributed by atoms with Gasteiger partial charge >= 0.3 is 5.97 Å². The van der Waals surface area contributed by atoms with Crippen LogP contribution in [0.1, 0.15) is 78.6 Å². The maximum atomic E-state index is 12.9. The van der Waals surface area contributed by atoms with Gasteiger partial charge in [0, 0.05) is 18.5 Å². The number of hydrogen-bond acceptors (Lipinski definition) is 3. The summed E-state index contributed by atoms with van der Waals surface area (Å²) in [6.45, 7) is 8.03. The van der Waals surface area contributed by atoms with Gasteiger partial charge in [0.15, 0.2) is 0 Å². The smallest absolute Gasteiger partial charge is 0.311 e. The standard InChI is InChI=1S/C27H41NO2/c1-15-5-4-8-27(3)13-24-21(12-23(15)27)22(26(29)30-24)14-28-16(2)25-19-7-6-18-9-17(10-19)11-20(18)25/h12,15-22,24-25,28H,4-11,13-14H2,1-3H3/t15-,16?,17?,18?,19?,20?,21+,22?,24+,25?,27+/m0/s1. The summed E-state index contributed by atoms with van der Waals surface area (Å²) >= 11 is 0. The molecule has 3 heteroatoms. The zero-order valence-corrected chi connectivity index (χ0v) is 19.2. The normalized spacial score (nSPS) is 52.4. The van der Waals surface area contributed by atoms with Crippen molar-refractivity contribution in [2.45, 2.75) is 90.7 Å². The molecule has 6 aliphatic rings. The van der Waals surface area contributed by atoms with Gasteiger partial charge < -0.3 is 10.1 Å². The van der Waals surface area contributed by atoms with Crippen LogP contribution < -0.4 is 5.32 Å². The molecule has 0 aromatic carbocycles. The van der Waals surface area contributed by atoms with Crippen LogP contribution in [0.25, 0.3) is 0 Å². The van der Waals surface area contributed by atoms with Gasteiger partial charge in [-0.2, -0.15) is 0 Å². The molecule has 7 unspecified atom stereocenters. The predicted molar refractivity (Wildman–Crippen MR) is 119 cm³/mol. The van der Waals surface area contributed by atoms with Crippen molar-refractivity contribution in [2.24, 2.45) is 52.8 Å². The van der Waals surface area contributed by atoms with E-state index in [9.17, 15) is 4.79 Å². The molecule has 166 valence electrons. The molecule has 4 saturated carbocycles. The van der Waals surface area contributed by atoms with Gasteiger partial charge in [-0.25, -0.2) is 0 Å². The van der Waals surface area contributed by atoms with E-state index in [0.717, 1.165) is 42.6 Å². The summed E-state index contributed by atoms with van der Waals surface area (Å²) in [6.07, 6.45) is 14.9. The lowest BCUT2D eigenvalue weighted by molar-refractivity contribution is -0.145. The Kier molecular flexibility index (Phi) is 4.68. The fourth-order valence-corrected chi connectivity index (χ4v) is 9.46. The number of esters is 1. The van der Waals surface area contributed by atoms with Gasteiger partial charge in [0.2, 0.25) is 0 Å². The summed E-state index contributed by atoms with van der Waals surface area (Å²) in [4.78, 5) is 12.9. The highest BCUT2D eigenvalue weighted by atomic mass is 16.6. The Hall–Kier alpha value is -0.830. The minimum Gasteiger partial charge on any atom is -0.461 e. The molecule has 1 N–H and O–H groups in total. The van der Waals surface area contributed by atoms with Gasteiger partial charge in [-0.05, 0) is 99.2 Å². The highest BCUT2D eigenvalue weighted by Gasteiger charge is 2.53. The average Bonchev–Trinajstić information content (AvgIpc) is 3.10. The van der Waals surface area contributed by atoms with Gasteiger partial charge in [0.05, 0.1) is 5.92 Å². The van der Waals surface area contributed by atoms with Crippen molar-refractivity contribution in [1.82, 2.24) is 5.32 Å². The summed E-state index contributed by atoms with van der Waals surface area (Å²) in [5.41, 5.74) is 1.89. The Balaban J connectivity index is 1.16. The summed E-state index contributed by atoms with van der Waals surface area (Å²) < 4.78 is 5.98. The third-order valence-electron chi connectivity index (χ3n) is 10.7. The molecule has 1 saturated heterocycles. The molecule has 30 heavy (non-hydrogen) atoms. The van der Waals surface area contributed by atoms with Crippen molar-refractivity contribution in [3.05, 3.63) is 11.6 Å². The van der Waals surface area contributed by atoms with Crippen LogP contribution in [0.3, 0.4) is 0 Å². The molecule has 5 fully saturated rings. The van der Waals surface area contributed by atoms with Crippen LogP contribution >= 0.6 is 0 Å². The zero-order chi connectivity index (χ0) is 20.6. The lowest BCUT2D eigenvalue weighted by Crippen LogP contribution is -2.48. The molecule has 0 aromatic heterocycles. The Morgan fingerprint density at radius 2 is 2.00 bits per heavy atom. The van der Waals surface area contributed by atoms with Crippen molar-refractivity contribution in [3.8, 4) is 0 Å². The van der Waals surface area contributed by atoms with Crippen molar-refractivity contribution in [2.75, 3.05) is 6.54 Å². The second-order valence-corrected chi connectivity index (χ2v) is 12.4. The number of ether oxygens (including phenoxy) is 1. The molecule has 1 aliphatic heterocycles. The second-order valence-electron chi connectivity index (χ2n) is 12.4. The quantitative estimate of drug-likeness (QED) is 0.500. The first-order chi connectivity index (χ1) is 14.4. The van der Waals surface area contributed by atoms with E-state index >= 15 is 0 Å². The van der Waals surface area contributed by atoms with E-state index in [-0.39, 0.29) is 23.4 Å². The first-order valence-corrected chi connectivity index (χ1v) is 13.1. The number of carbonyl (C=O) groups excluding carboxylic acids is 1. The summed E-state index contributed by atoms with van der Waals surface area (Å²) in [6, 6.07) is 0.531. The lowest BCUT2D eigenvalue weighted by atomic mass is 9.59. The van der Waals surface area contributed by atoms with Crippen LogP contribution in [0, 0.1) is 52.8 Å². The van der Waals surface area contributed by atoms with E-state index in [4.69, 9.17) is 4.74 Å². The summed E-state index contributed by atoms with van der Waals surface area (Å²) in [7, 11) is 0. The molecule has 0 aromatic rings. The Morgan fingerprint density at radius 3 is 2.87 bits per heavy atom. The van der Waals surface area contributed by atoms with E-state index in [0.29, 0.717) is 17.9 Å². The SMILES string of the molecule is CC(NCC1C(=O)O[C@@H]2C[C@@]3(C)CCC[C@H](C)C3=C[C@H]12)C1C2CCC3CC(C2)CC31. The van der Waals surface area contributed by atoms with Gasteiger partial charge in [0.1, 0.15) is 6.10 Å². The van der Waals surface area contributed by atoms with Crippen molar-refractivity contribution < 1.29 is 9.53 Å². The molecule has 6 rings (SSSR count). The molecule has 1 heterocycles. The van der Waals surface area contributed by atoms with Crippen LogP contribution in [-0.4, -0.2) is 24.7 Å². The maximum Gasteiger partial charge on any atom is 0.311 e. The highest BCUT2D eigenvalue weighted by molar-refractivity contribution is 5.76. The largest absolute Gasteiger partial charge is 0.461 e. The van der Waals surface area contributed by atoms with Gasteiger partial charge in [-0.3, -0.25) is 4.79 Å². The van der Waals surface area contributed by atoms with Gasteiger partial charge in [-0.15, -0.1) is 0 Å². The third-order valence-corrected chi connectivity index (χ3v) is 10.7. The fraction of sp³-hybridized carbons (Fsp3) is 0.889. The third kappa shape index (κ3) is 2.97. The molecule has 0 spiro atoms. The van der Waals surface area contributed by atoms with Crippen LogP contribution in [0.2, 0.25) is 0 Å². The summed E-state index contributed by atoms with van der Waals surface area (Å²) in [5.74, 6) is 5.78. The number of fused-ring (bicyclic) bond motifs is 4. The number of carbonyl (C=O) groups is 1. The Morgan fingerprint density at radius 1 is 1.20 bits per heavy atom. The van der Waals surface area contributed by atoms with E-state index < -0.39 is 0 Å². The van der Waals surface area contributed by atoms with Gasteiger partial charge in [0.25, 0.3) is 0 Å². The van der Waals surface area contributed by atoms with Crippen LogP contribution in [0.4, 0.5) is 0 Å². The Bertz CT molecular complexity index is 745. The minimum absolute atomic E-state index is 0.0146. The number of rotatable bonds is 4. The first-order valence-electron chi connectivity index (χ1n) is 13.1. The molecule has 3 nitrogen and oxygen atoms in total. The molecular formula is C27H41NO2. The molecule has 5 aliphatic carbocycles. The van der Waals surface area contributed by atoms with Crippen molar-refractivity contribution in [3.63, 3.8) is 0 Å². The van der Waals surface area contributed by atoms with Crippen LogP contribution in [-0.2, 0) is 9.53 Å². The monoisotopic (exact) mass is 411 g/mol. The van der Waals surface area contributed by atoms with Crippen LogP contribution in [0.15, 0.2) is 11.6 Å². The summed E-state index contributed by atoms with van der Waals surface area (Å²) in [5, 5.41) is 3.89. The highest BCUT2D eigenvalue weighted by Crippen LogP contribution is 2.59. The second kappa shape index (κ2) is 7.09. The lowest BCUT2D eigenvalue weighted by Gasteiger charge is -2.46. The number of nitrogens with one attached hydrogen (secondary N) is 1. The first kappa shape index (κ1) is 19.8.